The van der Waals surface area contributed by atoms with Crippen LogP contribution in [0.4, 0.5) is 5.69 Å². The molecule has 2 rings (SSSR count). The zero-order valence-corrected chi connectivity index (χ0v) is 11.9. The fraction of sp³-hybridized carbons (Fsp3) is 0.0667. The Morgan fingerprint density at radius 1 is 1.05 bits per heavy atom. The summed E-state index contributed by atoms with van der Waals surface area (Å²) in [6.45, 7) is 0. The normalized spacial score (nSPS) is 10.1. The zero-order chi connectivity index (χ0) is 14.5. The number of benzene rings is 2. The maximum absolute atomic E-state index is 12.4. The van der Waals surface area contributed by atoms with Crippen molar-refractivity contribution in [2.45, 2.75) is 0 Å². The van der Waals surface area contributed by atoms with E-state index in [2.05, 4.69) is 5.32 Å². The van der Waals surface area contributed by atoms with E-state index in [4.69, 9.17) is 23.2 Å². The van der Waals surface area contributed by atoms with Gasteiger partial charge in [0.2, 0.25) is 5.91 Å². The van der Waals surface area contributed by atoms with Crippen molar-refractivity contribution < 1.29 is 9.59 Å². The third-order valence-electron chi connectivity index (χ3n) is 2.66. The van der Waals surface area contributed by atoms with Gasteiger partial charge in [0.05, 0.1) is 5.69 Å². The zero-order valence-electron chi connectivity index (χ0n) is 10.4. The van der Waals surface area contributed by atoms with E-state index in [0.29, 0.717) is 21.8 Å². The number of rotatable bonds is 4. The lowest BCUT2D eigenvalue weighted by molar-refractivity contribution is -0.113. The van der Waals surface area contributed by atoms with Gasteiger partial charge in [0, 0.05) is 16.1 Å². The molecule has 0 aliphatic carbocycles. The van der Waals surface area contributed by atoms with Crippen LogP contribution in [0.25, 0.3) is 0 Å². The first-order valence-electron chi connectivity index (χ1n) is 5.87. The van der Waals surface area contributed by atoms with Crippen molar-refractivity contribution in [1.29, 1.82) is 0 Å². The minimum absolute atomic E-state index is 0.179. The molecular formula is C15H11Cl2NO2. The average molecular weight is 308 g/mol. The molecule has 0 radical (unpaired) electrons. The minimum Gasteiger partial charge on any atom is -0.324 e. The van der Waals surface area contributed by atoms with E-state index in [1.54, 1.807) is 36.4 Å². The van der Waals surface area contributed by atoms with Crippen LogP contribution in [0.3, 0.4) is 0 Å². The third-order valence-corrected chi connectivity index (χ3v) is 3.14. The molecule has 0 saturated carbocycles. The van der Waals surface area contributed by atoms with Gasteiger partial charge in [-0.25, -0.2) is 0 Å². The number of alkyl halides is 1. The van der Waals surface area contributed by atoms with Gasteiger partial charge < -0.3 is 5.32 Å². The van der Waals surface area contributed by atoms with Gasteiger partial charge in [0.25, 0.3) is 0 Å². The van der Waals surface area contributed by atoms with Crippen molar-refractivity contribution in [3.05, 3.63) is 64.7 Å². The fourth-order valence-corrected chi connectivity index (χ4v) is 1.98. The van der Waals surface area contributed by atoms with E-state index in [1.165, 1.54) is 6.07 Å². The maximum atomic E-state index is 12.4. The lowest BCUT2D eigenvalue weighted by atomic mass is 10.0. The van der Waals surface area contributed by atoms with Crippen LogP contribution >= 0.6 is 23.2 Å². The first-order valence-corrected chi connectivity index (χ1v) is 6.78. The van der Waals surface area contributed by atoms with Crippen molar-refractivity contribution in [1.82, 2.24) is 0 Å². The number of carbonyl (C=O) groups excluding carboxylic acids is 2. The highest BCUT2D eigenvalue weighted by molar-refractivity contribution is 6.32. The van der Waals surface area contributed by atoms with Gasteiger partial charge in [-0.2, -0.15) is 0 Å². The molecule has 0 spiro atoms. The molecule has 2 aromatic rings. The Hall–Kier alpha value is -1.84. The van der Waals surface area contributed by atoms with E-state index in [1.807, 2.05) is 6.07 Å². The Kier molecular flexibility index (Phi) is 4.77. The van der Waals surface area contributed by atoms with Gasteiger partial charge in [-0.15, -0.1) is 11.6 Å². The Morgan fingerprint density at radius 3 is 2.40 bits per heavy atom. The van der Waals surface area contributed by atoms with Gasteiger partial charge in [-0.3, -0.25) is 9.59 Å². The number of carbonyl (C=O) groups is 2. The number of halogens is 2. The summed E-state index contributed by atoms with van der Waals surface area (Å²) in [7, 11) is 0. The predicted molar refractivity (Wildman–Crippen MR) is 80.7 cm³/mol. The Balaban J connectivity index is 2.41. The fourth-order valence-electron chi connectivity index (χ4n) is 1.74. The largest absolute Gasteiger partial charge is 0.324 e. The lowest BCUT2D eigenvalue weighted by Gasteiger charge is -2.10. The van der Waals surface area contributed by atoms with Crippen LogP contribution in [-0.2, 0) is 4.79 Å². The molecule has 5 heteroatoms. The van der Waals surface area contributed by atoms with Crippen LogP contribution in [0.5, 0.6) is 0 Å². The van der Waals surface area contributed by atoms with E-state index < -0.39 is 0 Å². The second-order valence-corrected chi connectivity index (χ2v) is 4.77. The highest BCUT2D eigenvalue weighted by Gasteiger charge is 2.15. The molecule has 0 bridgehead atoms. The Bertz CT molecular complexity index is 642. The summed E-state index contributed by atoms with van der Waals surface area (Å²) in [6, 6.07) is 13.5. The minimum atomic E-state index is -0.379. The number of amides is 1. The van der Waals surface area contributed by atoms with Crippen LogP contribution in [0.2, 0.25) is 5.02 Å². The molecule has 0 fully saturated rings. The SMILES string of the molecule is O=C(CCl)Nc1ccc(Cl)cc1C(=O)c1ccccc1. The average Bonchev–Trinajstić information content (AvgIpc) is 2.49. The molecule has 0 aromatic heterocycles. The summed E-state index contributed by atoms with van der Waals surface area (Å²) in [4.78, 5) is 23.8. The van der Waals surface area contributed by atoms with E-state index in [0.717, 1.165) is 0 Å². The van der Waals surface area contributed by atoms with Gasteiger partial charge >= 0.3 is 0 Å². The van der Waals surface area contributed by atoms with Crippen molar-refractivity contribution in [3.63, 3.8) is 0 Å². The number of nitrogens with one attached hydrogen (secondary N) is 1. The lowest BCUT2D eigenvalue weighted by Crippen LogP contribution is -2.16. The molecule has 0 aliphatic heterocycles. The van der Waals surface area contributed by atoms with Gasteiger partial charge in [0.1, 0.15) is 5.88 Å². The van der Waals surface area contributed by atoms with Gasteiger partial charge in [0.15, 0.2) is 5.78 Å². The molecule has 0 atom stereocenters. The molecular weight excluding hydrogens is 297 g/mol. The first-order chi connectivity index (χ1) is 9.61. The molecule has 0 unspecified atom stereocenters. The molecule has 0 aliphatic rings. The number of anilines is 1. The highest BCUT2D eigenvalue weighted by atomic mass is 35.5. The number of ketones is 1. The monoisotopic (exact) mass is 307 g/mol. The van der Waals surface area contributed by atoms with E-state index >= 15 is 0 Å². The first kappa shape index (κ1) is 14.6. The second-order valence-electron chi connectivity index (χ2n) is 4.07. The maximum Gasteiger partial charge on any atom is 0.239 e. The van der Waals surface area contributed by atoms with Crippen molar-refractivity contribution in [3.8, 4) is 0 Å². The predicted octanol–water partition coefficient (Wildman–Crippen LogP) is 3.75. The second kappa shape index (κ2) is 6.55. The van der Waals surface area contributed by atoms with Gasteiger partial charge in [-0.1, -0.05) is 41.9 Å². The topological polar surface area (TPSA) is 46.2 Å². The smallest absolute Gasteiger partial charge is 0.239 e. The molecule has 2 aromatic carbocycles. The van der Waals surface area contributed by atoms with Crippen LogP contribution < -0.4 is 5.32 Å². The molecule has 1 N–H and O–H groups in total. The summed E-state index contributed by atoms with van der Waals surface area (Å²) in [6.07, 6.45) is 0. The Morgan fingerprint density at radius 2 is 1.75 bits per heavy atom. The molecule has 0 heterocycles. The third kappa shape index (κ3) is 3.38. The Labute approximate surface area is 126 Å². The summed E-state index contributed by atoms with van der Waals surface area (Å²) < 4.78 is 0. The summed E-state index contributed by atoms with van der Waals surface area (Å²) in [5.74, 6) is -0.768. The van der Waals surface area contributed by atoms with Crippen molar-refractivity contribution >= 4 is 40.6 Å². The van der Waals surface area contributed by atoms with Crippen molar-refractivity contribution in [2.24, 2.45) is 0 Å². The molecule has 3 nitrogen and oxygen atoms in total. The molecule has 20 heavy (non-hydrogen) atoms. The summed E-state index contributed by atoms with van der Waals surface area (Å²) >= 11 is 11.4. The van der Waals surface area contributed by atoms with Crippen LogP contribution in [-0.4, -0.2) is 17.6 Å². The molecule has 0 saturated heterocycles. The summed E-state index contributed by atoms with van der Waals surface area (Å²) in [5.41, 5.74) is 1.26. The highest BCUT2D eigenvalue weighted by Crippen LogP contribution is 2.23. The van der Waals surface area contributed by atoms with Crippen LogP contribution in [0, 0.1) is 0 Å². The van der Waals surface area contributed by atoms with Gasteiger partial charge in [-0.05, 0) is 18.2 Å². The van der Waals surface area contributed by atoms with E-state index in [-0.39, 0.29) is 17.6 Å². The quantitative estimate of drug-likeness (QED) is 0.690. The number of hydrogen-bond acceptors (Lipinski definition) is 2. The van der Waals surface area contributed by atoms with E-state index in [9.17, 15) is 9.59 Å². The molecule has 102 valence electrons. The number of hydrogen-bond donors (Lipinski definition) is 1. The van der Waals surface area contributed by atoms with Crippen LogP contribution in [0.1, 0.15) is 15.9 Å². The van der Waals surface area contributed by atoms with Crippen LogP contribution in [0.15, 0.2) is 48.5 Å². The van der Waals surface area contributed by atoms with Crippen molar-refractivity contribution in [2.75, 3.05) is 11.2 Å². The standard InChI is InChI=1S/C15H11Cl2NO2/c16-9-14(19)18-13-7-6-11(17)8-12(13)15(20)10-4-2-1-3-5-10/h1-8H,9H2,(H,18,19). The molecule has 1 amide bonds. The summed E-state index contributed by atoms with van der Waals surface area (Å²) in [5, 5.41) is 3.01.